The number of nitrogens with one attached hydrogen (secondary N) is 1. The van der Waals surface area contributed by atoms with Crippen molar-refractivity contribution in [2.24, 2.45) is 11.8 Å². The molecule has 2 rings (SSSR count). The molecule has 0 radical (unpaired) electrons. The van der Waals surface area contributed by atoms with E-state index in [4.69, 9.17) is 5.41 Å². The molecule has 1 unspecified atom stereocenters. The SMILES string of the molecule is CCCC(CCC=N)N(C(=O)C1CCC(C)CC1)C(/C=C(\C)C1=CCCCC1)=C(/C)C(=O)O. The molecule has 0 aromatic rings. The highest BCUT2D eigenvalue weighted by atomic mass is 16.4. The first-order valence-corrected chi connectivity index (χ1v) is 12.9. The van der Waals surface area contributed by atoms with E-state index in [0.29, 0.717) is 24.5 Å². The van der Waals surface area contributed by atoms with Gasteiger partial charge in [-0.1, -0.05) is 26.3 Å². The van der Waals surface area contributed by atoms with Crippen LogP contribution in [0.2, 0.25) is 0 Å². The summed E-state index contributed by atoms with van der Waals surface area (Å²) in [4.78, 5) is 28.0. The van der Waals surface area contributed by atoms with E-state index in [1.165, 1.54) is 18.2 Å². The van der Waals surface area contributed by atoms with Crippen LogP contribution in [-0.2, 0) is 9.59 Å². The molecule has 5 nitrogen and oxygen atoms in total. The van der Waals surface area contributed by atoms with Crippen molar-refractivity contribution in [3.05, 3.63) is 34.6 Å². The molecule has 2 aliphatic carbocycles. The summed E-state index contributed by atoms with van der Waals surface area (Å²) in [6.07, 6.45) is 16.8. The molecule has 1 saturated carbocycles. The van der Waals surface area contributed by atoms with Gasteiger partial charge in [0.25, 0.3) is 0 Å². The van der Waals surface area contributed by atoms with Gasteiger partial charge in [0.05, 0.1) is 11.3 Å². The number of rotatable bonds is 11. The summed E-state index contributed by atoms with van der Waals surface area (Å²) in [6, 6.07) is -0.0999. The maximum absolute atomic E-state index is 14.0. The molecule has 184 valence electrons. The monoisotopic (exact) mass is 456 g/mol. The van der Waals surface area contributed by atoms with Gasteiger partial charge in [0.2, 0.25) is 5.91 Å². The smallest absolute Gasteiger partial charge is 0.333 e. The van der Waals surface area contributed by atoms with Gasteiger partial charge in [0.15, 0.2) is 0 Å². The van der Waals surface area contributed by atoms with Crippen molar-refractivity contribution < 1.29 is 14.7 Å². The van der Waals surface area contributed by atoms with Gasteiger partial charge in [0.1, 0.15) is 0 Å². The van der Waals surface area contributed by atoms with E-state index in [1.54, 1.807) is 6.92 Å². The lowest BCUT2D eigenvalue weighted by Crippen LogP contribution is -2.44. The van der Waals surface area contributed by atoms with E-state index in [1.807, 2.05) is 17.9 Å². The minimum Gasteiger partial charge on any atom is -0.478 e. The van der Waals surface area contributed by atoms with Crippen molar-refractivity contribution >= 4 is 18.1 Å². The molecule has 0 aromatic heterocycles. The normalized spacial score (nSPS) is 23.3. The predicted octanol–water partition coefficient (Wildman–Crippen LogP) is 7.05. The van der Waals surface area contributed by atoms with E-state index in [0.717, 1.165) is 63.4 Å². The van der Waals surface area contributed by atoms with Gasteiger partial charge < -0.3 is 15.4 Å². The lowest BCUT2D eigenvalue weighted by Gasteiger charge is -2.38. The van der Waals surface area contributed by atoms with Crippen molar-refractivity contribution in [1.29, 1.82) is 5.41 Å². The van der Waals surface area contributed by atoms with Crippen LogP contribution in [0.1, 0.15) is 105 Å². The van der Waals surface area contributed by atoms with Gasteiger partial charge in [-0.15, -0.1) is 0 Å². The van der Waals surface area contributed by atoms with E-state index in [2.05, 4.69) is 19.9 Å². The standard InChI is InChI=1S/C28H44N2O3/c1-5-10-25(13-9-18-29)30(27(31)24-16-14-20(2)15-17-24)26(22(4)28(32)33)19-21(3)23-11-7-6-8-12-23/h11,18-20,24-25,29H,5-10,12-17H2,1-4H3,(H,32,33)/b21-19+,26-22-,29-18?. The third kappa shape index (κ3) is 7.68. The maximum atomic E-state index is 14.0. The molecule has 1 amide bonds. The number of nitrogens with zero attached hydrogens (tertiary/aromatic N) is 1. The molecule has 0 heterocycles. The number of carbonyl (C=O) groups is 2. The number of hydrogen-bond acceptors (Lipinski definition) is 3. The number of hydrogen-bond donors (Lipinski definition) is 2. The van der Waals surface area contributed by atoms with Gasteiger partial charge in [-0.3, -0.25) is 4.79 Å². The second-order valence-corrected chi connectivity index (χ2v) is 10.0. The van der Waals surface area contributed by atoms with Crippen LogP contribution >= 0.6 is 0 Å². The number of allylic oxidation sites excluding steroid dienone is 4. The number of carboxylic acids is 1. The first-order valence-electron chi connectivity index (χ1n) is 12.9. The van der Waals surface area contributed by atoms with Crippen LogP contribution in [-0.4, -0.2) is 34.1 Å². The van der Waals surface area contributed by atoms with Crippen LogP contribution in [0.4, 0.5) is 0 Å². The third-order valence-electron chi connectivity index (χ3n) is 7.35. The summed E-state index contributed by atoms with van der Waals surface area (Å²) >= 11 is 0. The predicted molar refractivity (Wildman–Crippen MR) is 135 cm³/mol. The zero-order valence-electron chi connectivity index (χ0n) is 21.2. The zero-order chi connectivity index (χ0) is 24.4. The molecular formula is C28H44N2O3. The molecular weight excluding hydrogens is 412 g/mol. The number of carboxylic acid groups (broad SMARTS) is 1. The Kier molecular flexibility index (Phi) is 11.1. The van der Waals surface area contributed by atoms with Gasteiger partial charge in [-0.05, 0) is 114 Å². The summed E-state index contributed by atoms with van der Waals surface area (Å²) in [5, 5.41) is 17.5. The topological polar surface area (TPSA) is 81.5 Å². The minimum atomic E-state index is -0.982. The Bertz CT molecular complexity index is 785. The molecule has 33 heavy (non-hydrogen) atoms. The Balaban J connectivity index is 2.56. The number of aliphatic carboxylic acids is 1. The summed E-state index contributed by atoms with van der Waals surface area (Å²) in [5.74, 6) is -0.325. The fourth-order valence-electron chi connectivity index (χ4n) is 5.17. The van der Waals surface area contributed by atoms with Gasteiger partial charge in [-0.25, -0.2) is 4.79 Å². The lowest BCUT2D eigenvalue weighted by atomic mass is 9.81. The Morgan fingerprint density at radius 1 is 1.18 bits per heavy atom. The van der Waals surface area contributed by atoms with Crippen molar-refractivity contribution in [2.45, 2.75) is 111 Å². The van der Waals surface area contributed by atoms with E-state index < -0.39 is 5.97 Å². The maximum Gasteiger partial charge on any atom is 0.333 e. The van der Waals surface area contributed by atoms with Crippen LogP contribution in [0.5, 0.6) is 0 Å². The second-order valence-electron chi connectivity index (χ2n) is 10.0. The molecule has 5 heteroatoms. The zero-order valence-corrected chi connectivity index (χ0v) is 21.2. The number of amides is 1. The second kappa shape index (κ2) is 13.5. The van der Waals surface area contributed by atoms with Crippen molar-refractivity contribution in [3.63, 3.8) is 0 Å². The highest BCUT2D eigenvalue weighted by Gasteiger charge is 2.34. The Morgan fingerprint density at radius 3 is 2.42 bits per heavy atom. The van der Waals surface area contributed by atoms with Crippen LogP contribution in [0.3, 0.4) is 0 Å². The molecule has 2 N–H and O–H groups in total. The van der Waals surface area contributed by atoms with E-state index >= 15 is 0 Å². The first kappa shape index (κ1) is 27.1. The Hall–Kier alpha value is -2.17. The van der Waals surface area contributed by atoms with Crippen LogP contribution in [0.15, 0.2) is 34.6 Å². The van der Waals surface area contributed by atoms with Gasteiger partial charge in [0, 0.05) is 12.0 Å². The summed E-state index contributed by atoms with van der Waals surface area (Å²) in [6.45, 7) is 8.01. The molecule has 0 aliphatic heterocycles. The van der Waals surface area contributed by atoms with Crippen LogP contribution in [0.25, 0.3) is 0 Å². The average Bonchev–Trinajstić information content (AvgIpc) is 2.82. The number of carbonyl (C=O) groups excluding carboxylic acids is 1. The lowest BCUT2D eigenvalue weighted by molar-refractivity contribution is -0.137. The molecule has 2 aliphatic rings. The van der Waals surface area contributed by atoms with Crippen molar-refractivity contribution in [3.8, 4) is 0 Å². The quantitative estimate of drug-likeness (QED) is 0.199. The van der Waals surface area contributed by atoms with Gasteiger partial charge >= 0.3 is 5.97 Å². The fourth-order valence-corrected chi connectivity index (χ4v) is 5.17. The molecule has 0 saturated heterocycles. The Labute approximate surface area is 200 Å². The van der Waals surface area contributed by atoms with Gasteiger partial charge in [-0.2, -0.15) is 0 Å². The Morgan fingerprint density at radius 2 is 1.88 bits per heavy atom. The molecule has 1 atom stereocenters. The fraction of sp³-hybridized carbons (Fsp3) is 0.679. The molecule has 1 fully saturated rings. The molecule has 0 bridgehead atoms. The van der Waals surface area contributed by atoms with E-state index in [9.17, 15) is 14.7 Å². The molecule has 0 aromatic carbocycles. The van der Waals surface area contributed by atoms with Crippen molar-refractivity contribution in [2.75, 3.05) is 0 Å². The summed E-state index contributed by atoms with van der Waals surface area (Å²) in [5.41, 5.74) is 3.09. The minimum absolute atomic E-state index is 0.0558. The summed E-state index contributed by atoms with van der Waals surface area (Å²) in [7, 11) is 0. The van der Waals surface area contributed by atoms with Crippen LogP contribution < -0.4 is 0 Å². The highest BCUT2D eigenvalue weighted by Crippen LogP contribution is 2.34. The largest absolute Gasteiger partial charge is 0.478 e. The van der Waals surface area contributed by atoms with Crippen LogP contribution in [0, 0.1) is 17.2 Å². The van der Waals surface area contributed by atoms with E-state index in [-0.39, 0.29) is 23.4 Å². The first-order chi connectivity index (χ1) is 15.8. The highest BCUT2D eigenvalue weighted by molar-refractivity contribution is 5.90. The van der Waals surface area contributed by atoms with Crippen molar-refractivity contribution in [1.82, 2.24) is 4.90 Å². The third-order valence-corrected chi connectivity index (χ3v) is 7.35. The summed E-state index contributed by atoms with van der Waals surface area (Å²) < 4.78 is 0. The molecule has 0 spiro atoms. The average molecular weight is 457 g/mol.